The van der Waals surface area contributed by atoms with Crippen LogP contribution in [-0.4, -0.2) is 68.8 Å². The van der Waals surface area contributed by atoms with Crippen LogP contribution in [0.2, 0.25) is 0 Å². The highest BCUT2D eigenvalue weighted by Gasteiger charge is 2.12. The van der Waals surface area contributed by atoms with Crippen LogP contribution in [0.3, 0.4) is 0 Å². The second-order valence-electron chi connectivity index (χ2n) is 5.21. The maximum atomic E-state index is 12.0. The lowest BCUT2D eigenvalue weighted by Gasteiger charge is -2.15. The highest BCUT2D eigenvalue weighted by molar-refractivity contribution is 9.10. The van der Waals surface area contributed by atoms with Gasteiger partial charge < -0.3 is 15.3 Å². The van der Waals surface area contributed by atoms with Crippen LogP contribution < -0.4 is 5.32 Å². The van der Waals surface area contributed by atoms with Gasteiger partial charge in [-0.3, -0.25) is 9.48 Å². The summed E-state index contributed by atoms with van der Waals surface area (Å²) in [4.78, 5) is 13.8. The number of likely N-dealkylation sites (N-methyl/N-ethyl adjacent to an activating group) is 1. The van der Waals surface area contributed by atoms with Crippen molar-refractivity contribution < 1.29 is 9.90 Å². The van der Waals surface area contributed by atoms with Crippen molar-refractivity contribution in [1.82, 2.24) is 29.8 Å². The first-order valence-electron chi connectivity index (χ1n) is 6.76. The number of aliphatic hydroxyl groups is 1. The van der Waals surface area contributed by atoms with Crippen LogP contribution in [0.4, 0.5) is 0 Å². The third-order valence-corrected chi connectivity index (χ3v) is 3.25. The summed E-state index contributed by atoms with van der Waals surface area (Å²) in [6.07, 6.45) is 4.60. The zero-order valence-corrected chi connectivity index (χ0v) is 14.1. The van der Waals surface area contributed by atoms with Crippen molar-refractivity contribution in [2.24, 2.45) is 0 Å². The number of hydrogen-bond acceptors (Lipinski definition) is 5. The number of aromatic nitrogens is 4. The van der Waals surface area contributed by atoms with E-state index in [1.807, 2.05) is 25.2 Å². The molecule has 120 valence electrons. The van der Waals surface area contributed by atoms with Crippen molar-refractivity contribution in [2.45, 2.75) is 12.8 Å². The van der Waals surface area contributed by atoms with Gasteiger partial charge in [-0.2, -0.15) is 10.2 Å². The van der Waals surface area contributed by atoms with Gasteiger partial charge in [-0.15, -0.1) is 0 Å². The summed E-state index contributed by atoms with van der Waals surface area (Å²) in [6.45, 7) is 1.10. The molecular formula is C13H19BrN6O2. The highest BCUT2D eigenvalue weighted by Crippen LogP contribution is 2.06. The predicted molar refractivity (Wildman–Crippen MR) is 84.4 cm³/mol. The Bertz CT molecular complexity index is 624. The first-order chi connectivity index (χ1) is 10.4. The number of nitrogens with zero attached hydrogens (tertiary/aromatic N) is 5. The van der Waals surface area contributed by atoms with Crippen molar-refractivity contribution in [3.63, 3.8) is 0 Å². The second kappa shape index (κ2) is 7.52. The molecule has 0 aliphatic carbocycles. The fourth-order valence-electron chi connectivity index (χ4n) is 1.91. The summed E-state index contributed by atoms with van der Waals surface area (Å²) < 4.78 is 4.19. The van der Waals surface area contributed by atoms with E-state index in [9.17, 15) is 9.90 Å². The van der Waals surface area contributed by atoms with Gasteiger partial charge in [-0.1, -0.05) is 0 Å². The van der Waals surface area contributed by atoms with Crippen LogP contribution in [-0.2, 0) is 6.67 Å². The predicted octanol–water partition coefficient (Wildman–Crippen LogP) is 0.000200. The minimum Gasteiger partial charge on any atom is -0.390 e. The molecule has 2 heterocycles. The first-order valence-corrected chi connectivity index (χ1v) is 7.56. The van der Waals surface area contributed by atoms with Gasteiger partial charge in [0.05, 0.1) is 16.8 Å². The minimum absolute atomic E-state index is 0.190. The fourth-order valence-corrected chi connectivity index (χ4v) is 2.24. The quantitative estimate of drug-likeness (QED) is 0.716. The standard InChI is InChI=1S/C13H19BrN6O2/c1-18(2)8-11(21)6-15-13(22)12-3-4-19(17-12)9-20-7-10(14)5-16-20/h3-5,7,11,21H,6,8-9H2,1-2H3,(H,15,22). The van der Waals surface area contributed by atoms with Gasteiger partial charge in [0.1, 0.15) is 12.4 Å². The lowest BCUT2D eigenvalue weighted by atomic mass is 10.3. The molecule has 0 aliphatic heterocycles. The third-order valence-electron chi connectivity index (χ3n) is 2.84. The van der Waals surface area contributed by atoms with E-state index >= 15 is 0 Å². The van der Waals surface area contributed by atoms with Gasteiger partial charge in [-0.25, -0.2) is 4.68 Å². The SMILES string of the molecule is CN(C)CC(O)CNC(=O)c1ccn(Cn2cc(Br)cn2)n1. The van der Waals surface area contributed by atoms with Gasteiger partial charge in [0.15, 0.2) is 0 Å². The van der Waals surface area contributed by atoms with E-state index in [1.54, 1.807) is 27.8 Å². The molecule has 2 aromatic heterocycles. The van der Waals surface area contributed by atoms with Gasteiger partial charge in [0.25, 0.3) is 5.91 Å². The van der Waals surface area contributed by atoms with E-state index in [0.717, 1.165) is 4.47 Å². The monoisotopic (exact) mass is 370 g/mol. The van der Waals surface area contributed by atoms with Crippen molar-refractivity contribution in [3.8, 4) is 0 Å². The van der Waals surface area contributed by atoms with E-state index < -0.39 is 6.10 Å². The Hall–Kier alpha value is -1.71. The molecule has 1 amide bonds. The van der Waals surface area contributed by atoms with Gasteiger partial charge >= 0.3 is 0 Å². The molecule has 0 bridgehead atoms. The minimum atomic E-state index is -0.609. The highest BCUT2D eigenvalue weighted by atomic mass is 79.9. The number of amides is 1. The largest absolute Gasteiger partial charge is 0.390 e. The number of carbonyl (C=O) groups is 1. The van der Waals surface area contributed by atoms with E-state index in [2.05, 4.69) is 31.4 Å². The summed E-state index contributed by atoms with van der Waals surface area (Å²) in [5.41, 5.74) is 0.309. The van der Waals surface area contributed by atoms with Crippen molar-refractivity contribution in [2.75, 3.05) is 27.2 Å². The van der Waals surface area contributed by atoms with Crippen molar-refractivity contribution in [1.29, 1.82) is 0 Å². The van der Waals surface area contributed by atoms with E-state index in [1.165, 1.54) is 0 Å². The molecule has 9 heteroatoms. The molecule has 0 fully saturated rings. The summed E-state index contributed by atoms with van der Waals surface area (Å²) in [6, 6.07) is 1.63. The molecule has 1 atom stereocenters. The summed E-state index contributed by atoms with van der Waals surface area (Å²) in [7, 11) is 3.72. The lowest BCUT2D eigenvalue weighted by molar-refractivity contribution is 0.0886. The molecule has 22 heavy (non-hydrogen) atoms. The Kier molecular flexibility index (Phi) is 5.69. The molecule has 0 saturated carbocycles. The van der Waals surface area contributed by atoms with Crippen molar-refractivity contribution >= 4 is 21.8 Å². The van der Waals surface area contributed by atoms with Gasteiger partial charge in [0, 0.05) is 25.5 Å². The first kappa shape index (κ1) is 16.7. The normalized spacial score (nSPS) is 12.6. The fraction of sp³-hybridized carbons (Fsp3) is 0.462. The van der Waals surface area contributed by atoms with Crippen molar-refractivity contribution in [3.05, 3.63) is 34.8 Å². The van der Waals surface area contributed by atoms with Crippen LogP contribution in [0.5, 0.6) is 0 Å². The number of halogens is 1. The number of carbonyl (C=O) groups excluding carboxylic acids is 1. The zero-order chi connectivity index (χ0) is 16.1. The zero-order valence-electron chi connectivity index (χ0n) is 12.5. The smallest absolute Gasteiger partial charge is 0.271 e. The lowest BCUT2D eigenvalue weighted by Crippen LogP contribution is -2.37. The number of nitrogens with one attached hydrogen (secondary N) is 1. The number of aliphatic hydroxyl groups excluding tert-OH is 1. The molecule has 2 N–H and O–H groups in total. The molecule has 1 unspecified atom stereocenters. The molecule has 8 nitrogen and oxygen atoms in total. The van der Waals surface area contributed by atoms with Crippen LogP contribution in [0, 0.1) is 0 Å². The maximum Gasteiger partial charge on any atom is 0.271 e. The van der Waals surface area contributed by atoms with E-state index in [0.29, 0.717) is 18.9 Å². The number of rotatable bonds is 7. The summed E-state index contributed by atoms with van der Waals surface area (Å²) in [5, 5.41) is 20.7. The van der Waals surface area contributed by atoms with E-state index in [-0.39, 0.29) is 12.5 Å². The molecule has 0 aliphatic rings. The Morgan fingerprint density at radius 3 is 2.91 bits per heavy atom. The van der Waals surface area contributed by atoms with Gasteiger partial charge in [-0.05, 0) is 36.1 Å². The molecule has 2 rings (SSSR count). The Labute approximate surface area is 136 Å². The average Bonchev–Trinajstić information content (AvgIpc) is 3.05. The number of hydrogen-bond donors (Lipinski definition) is 2. The molecule has 0 spiro atoms. The topological polar surface area (TPSA) is 88.2 Å². The molecule has 0 saturated heterocycles. The van der Waals surface area contributed by atoms with Crippen LogP contribution in [0.25, 0.3) is 0 Å². The third kappa shape index (κ3) is 4.93. The van der Waals surface area contributed by atoms with Crippen LogP contribution in [0.15, 0.2) is 29.1 Å². The Morgan fingerprint density at radius 1 is 1.50 bits per heavy atom. The van der Waals surface area contributed by atoms with Crippen LogP contribution >= 0.6 is 15.9 Å². The Balaban J connectivity index is 1.86. The molecular weight excluding hydrogens is 352 g/mol. The van der Waals surface area contributed by atoms with E-state index in [4.69, 9.17) is 0 Å². The van der Waals surface area contributed by atoms with Crippen LogP contribution in [0.1, 0.15) is 10.5 Å². The second-order valence-corrected chi connectivity index (χ2v) is 6.12. The maximum absolute atomic E-state index is 12.0. The molecule has 0 radical (unpaired) electrons. The molecule has 0 aromatic carbocycles. The summed E-state index contributed by atoms with van der Waals surface area (Å²) >= 11 is 3.32. The molecule has 2 aromatic rings. The summed E-state index contributed by atoms with van der Waals surface area (Å²) in [5.74, 6) is -0.307. The average molecular weight is 371 g/mol. The van der Waals surface area contributed by atoms with Gasteiger partial charge in [0.2, 0.25) is 0 Å². The Morgan fingerprint density at radius 2 is 2.27 bits per heavy atom.